The number of nitrogens with zero attached hydrogens (tertiary/aromatic N) is 2. The molecule has 1 aromatic heterocycles. The lowest BCUT2D eigenvalue weighted by Gasteiger charge is -2.25. The molecule has 18 heavy (non-hydrogen) atoms. The van der Waals surface area contributed by atoms with Gasteiger partial charge in [-0.2, -0.15) is 0 Å². The van der Waals surface area contributed by atoms with Crippen LogP contribution in [0.15, 0.2) is 5.38 Å². The van der Waals surface area contributed by atoms with Crippen LogP contribution in [-0.2, 0) is 9.59 Å². The van der Waals surface area contributed by atoms with Crippen LogP contribution < -0.4 is 0 Å². The Morgan fingerprint density at radius 3 is 2.89 bits per heavy atom. The van der Waals surface area contributed by atoms with E-state index >= 15 is 0 Å². The number of rotatable bonds is 3. The molecule has 2 atom stereocenters. The molecule has 6 heteroatoms. The lowest BCUT2D eigenvalue weighted by atomic mass is 10.1. The van der Waals surface area contributed by atoms with Crippen LogP contribution >= 0.6 is 11.3 Å². The Morgan fingerprint density at radius 1 is 1.61 bits per heavy atom. The maximum absolute atomic E-state index is 12.1. The van der Waals surface area contributed by atoms with Gasteiger partial charge in [-0.05, 0) is 26.7 Å². The first-order valence-electron chi connectivity index (χ1n) is 5.96. The molecule has 0 saturated carbocycles. The van der Waals surface area contributed by atoms with E-state index in [4.69, 9.17) is 5.11 Å². The Morgan fingerprint density at radius 2 is 2.33 bits per heavy atom. The molecule has 1 fully saturated rings. The van der Waals surface area contributed by atoms with Crippen LogP contribution in [0.1, 0.15) is 36.5 Å². The number of amides is 1. The molecule has 5 nitrogen and oxygen atoms in total. The minimum absolute atomic E-state index is 0.0516. The summed E-state index contributed by atoms with van der Waals surface area (Å²) in [5.41, 5.74) is 0.890. The van der Waals surface area contributed by atoms with Gasteiger partial charge >= 0.3 is 5.97 Å². The summed E-state index contributed by atoms with van der Waals surface area (Å²) in [6, 6.07) is -0.0516. The summed E-state index contributed by atoms with van der Waals surface area (Å²) >= 11 is 1.55. The first-order valence-corrected chi connectivity index (χ1v) is 6.84. The summed E-state index contributed by atoms with van der Waals surface area (Å²) in [4.78, 5) is 29.0. The zero-order valence-electron chi connectivity index (χ0n) is 10.4. The predicted molar refractivity (Wildman–Crippen MR) is 67.3 cm³/mol. The third-order valence-corrected chi connectivity index (χ3v) is 4.05. The largest absolute Gasteiger partial charge is 0.481 e. The number of carbonyl (C=O) groups is 2. The lowest BCUT2D eigenvalue weighted by molar-refractivity contribution is -0.150. The summed E-state index contributed by atoms with van der Waals surface area (Å²) in [7, 11) is 0. The molecular weight excluding hydrogens is 252 g/mol. The number of thiazole rings is 1. The maximum Gasteiger partial charge on any atom is 0.315 e. The van der Waals surface area contributed by atoms with Crippen molar-refractivity contribution in [1.29, 1.82) is 0 Å². The molecule has 0 bridgehead atoms. The van der Waals surface area contributed by atoms with E-state index in [0.29, 0.717) is 6.54 Å². The third-order valence-electron chi connectivity index (χ3n) is 3.25. The van der Waals surface area contributed by atoms with Crippen molar-refractivity contribution in [1.82, 2.24) is 9.88 Å². The average molecular weight is 268 g/mol. The first-order chi connectivity index (χ1) is 8.50. The van der Waals surface area contributed by atoms with Crippen LogP contribution in [0.25, 0.3) is 0 Å². The highest BCUT2D eigenvalue weighted by Crippen LogP contribution is 2.33. The summed E-state index contributed by atoms with van der Waals surface area (Å²) in [5, 5.41) is 11.8. The third kappa shape index (κ3) is 2.38. The molecule has 98 valence electrons. The number of hydrogen-bond acceptors (Lipinski definition) is 4. The first kappa shape index (κ1) is 13.0. The van der Waals surface area contributed by atoms with Gasteiger partial charge in [0.05, 0.1) is 16.7 Å². The van der Waals surface area contributed by atoms with Gasteiger partial charge in [0.1, 0.15) is 5.92 Å². The molecule has 0 radical (unpaired) electrons. The van der Waals surface area contributed by atoms with Crippen LogP contribution in [-0.4, -0.2) is 33.4 Å². The van der Waals surface area contributed by atoms with E-state index in [1.165, 1.54) is 6.92 Å². The number of aliphatic carboxylic acids is 1. The fourth-order valence-electron chi connectivity index (χ4n) is 2.23. The van der Waals surface area contributed by atoms with Crippen LogP contribution in [0.5, 0.6) is 0 Å². The molecular formula is C12H16N2O3S. The van der Waals surface area contributed by atoms with E-state index in [9.17, 15) is 9.59 Å². The maximum atomic E-state index is 12.1. The molecule has 1 aliphatic rings. The standard InChI is InChI=1S/C12H16N2O3S/c1-7(12(16)17)11(15)14-5-3-4-10(14)9-6-18-8(2)13-9/h6-7,10H,3-5H2,1-2H3,(H,16,17). The van der Waals surface area contributed by atoms with Crippen LogP contribution in [0, 0.1) is 12.8 Å². The summed E-state index contributed by atoms with van der Waals surface area (Å²) < 4.78 is 0. The second-order valence-corrected chi connectivity index (χ2v) is 5.60. The van der Waals surface area contributed by atoms with Crippen molar-refractivity contribution in [3.05, 3.63) is 16.1 Å². The van der Waals surface area contributed by atoms with Gasteiger partial charge in [-0.1, -0.05) is 0 Å². The summed E-state index contributed by atoms with van der Waals surface area (Å²) in [5.74, 6) is -2.36. The van der Waals surface area contributed by atoms with Crippen molar-refractivity contribution in [2.75, 3.05) is 6.54 Å². The van der Waals surface area contributed by atoms with Crippen molar-refractivity contribution in [2.24, 2.45) is 5.92 Å². The van der Waals surface area contributed by atoms with Gasteiger partial charge in [0, 0.05) is 11.9 Å². The number of aryl methyl sites for hydroxylation is 1. The number of carboxylic acid groups (broad SMARTS) is 1. The molecule has 1 saturated heterocycles. The Balaban J connectivity index is 2.17. The predicted octanol–water partition coefficient (Wildman–Crippen LogP) is 1.84. The van der Waals surface area contributed by atoms with Gasteiger partial charge in [-0.15, -0.1) is 11.3 Å². The van der Waals surface area contributed by atoms with Gasteiger partial charge in [-0.3, -0.25) is 9.59 Å². The number of hydrogen-bond donors (Lipinski definition) is 1. The van der Waals surface area contributed by atoms with Crippen LogP contribution in [0.2, 0.25) is 0 Å². The minimum atomic E-state index is -1.07. The molecule has 1 aromatic rings. The van der Waals surface area contributed by atoms with Crippen molar-refractivity contribution < 1.29 is 14.7 Å². The Bertz CT molecular complexity index is 472. The molecule has 2 heterocycles. The number of carboxylic acids is 1. The monoisotopic (exact) mass is 268 g/mol. The van der Waals surface area contributed by atoms with Crippen molar-refractivity contribution in [2.45, 2.75) is 32.7 Å². The fourth-order valence-corrected chi connectivity index (χ4v) is 2.88. The van der Waals surface area contributed by atoms with Crippen LogP contribution in [0.4, 0.5) is 0 Å². The average Bonchev–Trinajstić information content (AvgIpc) is 2.94. The van der Waals surface area contributed by atoms with Crippen molar-refractivity contribution in [3.63, 3.8) is 0 Å². The van der Waals surface area contributed by atoms with Crippen molar-refractivity contribution in [3.8, 4) is 0 Å². The van der Waals surface area contributed by atoms with Gasteiger partial charge < -0.3 is 10.0 Å². The quantitative estimate of drug-likeness (QED) is 0.849. The van der Waals surface area contributed by atoms with Crippen molar-refractivity contribution >= 4 is 23.2 Å². The Kier molecular flexibility index (Phi) is 3.65. The summed E-state index contributed by atoms with van der Waals surface area (Å²) in [6.07, 6.45) is 1.76. The zero-order valence-corrected chi connectivity index (χ0v) is 11.2. The molecule has 2 rings (SSSR count). The number of likely N-dealkylation sites (tertiary alicyclic amines) is 1. The highest BCUT2D eigenvalue weighted by Gasteiger charge is 2.35. The lowest BCUT2D eigenvalue weighted by Crippen LogP contribution is -2.37. The number of aromatic nitrogens is 1. The summed E-state index contributed by atoms with van der Waals surface area (Å²) in [6.45, 7) is 3.99. The topological polar surface area (TPSA) is 70.5 Å². The van der Waals surface area contributed by atoms with E-state index < -0.39 is 11.9 Å². The minimum Gasteiger partial charge on any atom is -0.481 e. The van der Waals surface area contributed by atoms with E-state index in [0.717, 1.165) is 23.5 Å². The Labute approximate surface area is 109 Å². The normalized spacial score (nSPS) is 21.0. The fraction of sp³-hybridized carbons (Fsp3) is 0.583. The molecule has 0 aromatic carbocycles. The van der Waals surface area contributed by atoms with Gasteiger partial charge in [0.25, 0.3) is 0 Å². The Hall–Kier alpha value is -1.43. The second kappa shape index (κ2) is 5.06. The SMILES string of the molecule is Cc1nc(C2CCCN2C(=O)C(C)C(=O)O)cs1. The van der Waals surface area contributed by atoms with E-state index in [-0.39, 0.29) is 11.9 Å². The molecule has 0 spiro atoms. The van der Waals surface area contributed by atoms with Gasteiger partial charge in [-0.25, -0.2) is 4.98 Å². The van der Waals surface area contributed by atoms with Gasteiger partial charge in [0.2, 0.25) is 5.91 Å². The highest BCUT2D eigenvalue weighted by atomic mass is 32.1. The number of carbonyl (C=O) groups excluding carboxylic acids is 1. The molecule has 1 amide bonds. The van der Waals surface area contributed by atoms with Gasteiger partial charge in [0.15, 0.2) is 0 Å². The van der Waals surface area contributed by atoms with E-state index in [1.807, 2.05) is 12.3 Å². The smallest absolute Gasteiger partial charge is 0.315 e. The highest BCUT2D eigenvalue weighted by molar-refractivity contribution is 7.09. The zero-order chi connectivity index (χ0) is 13.3. The van der Waals surface area contributed by atoms with Crippen LogP contribution in [0.3, 0.4) is 0 Å². The molecule has 2 unspecified atom stereocenters. The second-order valence-electron chi connectivity index (χ2n) is 4.54. The van der Waals surface area contributed by atoms with E-state index in [2.05, 4.69) is 4.98 Å². The van der Waals surface area contributed by atoms with E-state index in [1.54, 1.807) is 16.2 Å². The molecule has 1 N–H and O–H groups in total. The molecule has 0 aliphatic carbocycles. The molecule has 1 aliphatic heterocycles.